The first kappa shape index (κ1) is 16.2. The van der Waals surface area contributed by atoms with Gasteiger partial charge in [0.2, 0.25) is 0 Å². The first-order valence-corrected chi connectivity index (χ1v) is 7.42. The average Bonchev–Trinajstić information content (AvgIpc) is 2.37. The molecule has 0 amide bonds. The van der Waals surface area contributed by atoms with Crippen LogP contribution >= 0.6 is 11.6 Å². The van der Waals surface area contributed by atoms with E-state index in [-0.39, 0.29) is 0 Å². The third kappa shape index (κ3) is 5.74. The highest BCUT2D eigenvalue weighted by atomic mass is 35.5. The van der Waals surface area contributed by atoms with E-state index < -0.39 is 0 Å². The third-order valence-electron chi connectivity index (χ3n) is 3.33. The molecule has 1 atom stereocenters. The zero-order valence-corrected chi connectivity index (χ0v) is 13.2. The van der Waals surface area contributed by atoms with E-state index in [1.54, 1.807) is 6.07 Å². The lowest BCUT2D eigenvalue weighted by atomic mass is 10.2. The van der Waals surface area contributed by atoms with Crippen molar-refractivity contribution >= 4 is 17.4 Å². The molecule has 1 N–H and O–H groups in total. The Kier molecular flexibility index (Phi) is 7.10. The molecule has 5 heteroatoms. The number of likely N-dealkylation sites (N-methyl/N-ethyl adjacent to an activating group) is 1. The van der Waals surface area contributed by atoms with Crippen LogP contribution in [-0.2, 0) is 6.42 Å². The van der Waals surface area contributed by atoms with E-state index in [4.69, 9.17) is 11.6 Å². The van der Waals surface area contributed by atoms with Crippen LogP contribution in [0.25, 0.3) is 0 Å². The second-order valence-corrected chi connectivity index (χ2v) is 5.29. The fourth-order valence-corrected chi connectivity index (χ4v) is 1.98. The van der Waals surface area contributed by atoms with Crippen LogP contribution < -0.4 is 5.32 Å². The minimum Gasteiger partial charge on any atom is -0.369 e. The van der Waals surface area contributed by atoms with Crippen molar-refractivity contribution in [2.45, 2.75) is 46.1 Å². The molecule has 0 spiro atoms. The van der Waals surface area contributed by atoms with Crippen molar-refractivity contribution in [3.63, 3.8) is 0 Å². The summed E-state index contributed by atoms with van der Waals surface area (Å²) in [5.41, 5.74) is 0. The summed E-state index contributed by atoms with van der Waals surface area (Å²) < 4.78 is 0. The maximum atomic E-state index is 6.00. The van der Waals surface area contributed by atoms with Gasteiger partial charge in [-0.05, 0) is 26.8 Å². The van der Waals surface area contributed by atoms with E-state index in [0.29, 0.717) is 11.2 Å². The van der Waals surface area contributed by atoms with Crippen LogP contribution in [0.3, 0.4) is 0 Å². The second-order valence-electron chi connectivity index (χ2n) is 4.91. The number of nitrogens with zero attached hydrogens (tertiary/aromatic N) is 3. The number of rotatable bonds is 8. The summed E-state index contributed by atoms with van der Waals surface area (Å²) in [6, 6.07) is 2.38. The Bertz CT molecular complexity index is 384. The van der Waals surface area contributed by atoms with Crippen molar-refractivity contribution < 1.29 is 0 Å². The monoisotopic (exact) mass is 284 g/mol. The standard InChI is InChI=1S/C14H25ClN4/c1-5-7-13-17-12(15)10-14(18-13)16-8-9-19(4)11(3)6-2/h10-11H,5-9H2,1-4H3,(H,16,17,18). The Morgan fingerprint density at radius 3 is 2.74 bits per heavy atom. The Morgan fingerprint density at radius 1 is 1.37 bits per heavy atom. The summed E-state index contributed by atoms with van der Waals surface area (Å²) in [7, 11) is 2.14. The van der Waals surface area contributed by atoms with E-state index in [0.717, 1.165) is 44.0 Å². The van der Waals surface area contributed by atoms with Gasteiger partial charge in [0.15, 0.2) is 0 Å². The maximum absolute atomic E-state index is 6.00. The molecule has 0 aliphatic carbocycles. The van der Waals surface area contributed by atoms with Gasteiger partial charge in [-0.1, -0.05) is 25.4 Å². The molecule has 0 aliphatic heterocycles. The number of anilines is 1. The summed E-state index contributed by atoms with van der Waals surface area (Å²) in [6.07, 6.45) is 3.05. The summed E-state index contributed by atoms with van der Waals surface area (Å²) in [5, 5.41) is 3.83. The van der Waals surface area contributed by atoms with Gasteiger partial charge in [-0.25, -0.2) is 9.97 Å². The number of aryl methyl sites for hydroxylation is 1. The molecule has 0 aromatic carbocycles. The Balaban J connectivity index is 2.48. The van der Waals surface area contributed by atoms with E-state index in [1.165, 1.54) is 0 Å². The lowest BCUT2D eigenvalue weighted by Gasteiger charge is -2.23. The van der Waals surface area contributed by atoms with Gasteiger partial charge in [-0.3, -0.25) is 0 Å². The molecule has 108 valence electrons. The third-order valence-corrected chi connectivity index (χ3v) is 3.52. The predicted molar refractivity (Wildman–Crippen MR) is 81.9 cm³/mol. The van der Waals surface area contributed by atoms with Crippen LogP contribution in [0.4, 0.5) is 5.82 Å². The lowest BCUT2D eigenvalue weighted by molar-refractivity contribution is 0.261. The smallest absolute Gasteiger partial charge is 0.134 e. The molecule has 4 nitrogen and oxygen atoms in total. The summed E-state index contributed by atoms with van der Waals surface area (Å²) in [5.74, 6) is 1.63. The number of aromatic nitrogens is 2. The van der Waals surface area contributed by atoms with E-state index in [2.05, 4.69) is 48.0 Å². The van der Waals surface area contributed by atoms with Gasteiger partial charge in [-0.2, -0.15) is 0 Å². The average molecular weight is 285 g/mol. The topological polar surface area (TPSA) is 41.1 Å². The van der Waals surface area contributed by atoms with Gasteiger partial charge >= 0.3 is 0 Å². The zero-order chi connectivity index (χ0) is 14.3. The molecule has 0 saturated heterocycles. The van der Waals surface area contributed by atoms with Crippen molar-refractivity contribution in [2.24, 2.45) is 0 Å². The molecule has 1 aromatic rings. The van der Waals surface area contributed by atoms with Gasteiger partial charge in [0.1, 0.15) is 16.8 Å². The van der Waals surface area contributed by atoms with E-state index in [9.17, 15) is 0 Å². The fourth-order valence-electron chi connectivity index (χ4n) is 1.78. The van der Waals surface area contributed by atoms with Gasteiger partial charge in [0.25, 0.3) is 0 Å². The SMILES string of the molecule is CCCc1nc(Cl)cc(NCCN(C)C(C)CC)n1. The highest BCUT2D eigenvalue weighted by Gasteiger charge is 2.06. The van der Waals surface area contributed by atoms with Gasteiger partial charge < -0.3 is 10.2 Å². The van der Waals surface area contributed by atoms with Crippen LogP contribution in [-0.4, -0.2) is 41.0 Å². The van der Waals surface area contributed by atoms with Crippen molar-refractivity contribution in [2.75, 3.05) is 25.5 Å². The Hall–Kier alpha value is -0.870. The predicted octanol–water partition coefficient (Wildman–Crippen LogP) is 3.22. The lowest BCUT2D eigenvalue weighted by Crippen LogP contribution is -2.32. The van der Waals surface area contributed by atoms with Crippen LogP contribution in [0.5, 0.6) is 0 Å². The highest BCUT2D eigenvalue weighted by molar-refractivity contribution is 6.29. The van der Waals surface area contributed by atoms with Crippen molar-refractivity contribution in [1.29, 1.82) is 0 Å². The fraction of sp³-hybridized carbons (Fsp3) is 0.714. The minimum absolute atomic E-state index is 0.510. The quantitative estimate of drug-likeness (QED) is 0.744. The second kappa shape index (κ2) is 8.33. The molecule has 0 saturated carbocycles. The van der Waals surface area contributed by atoms with Crippen molar-refractivity contribution in [1.82, 2.24) is 14.9 Å². The molecule has 0 aliphatic rings. The first-order valence-electron chi connectivity index (χ1n) is 7.04. The molecule has 1 unspecified atom stereocenters. The molecule has 1 rings (SSSR count). The van der Waals surface area contributed by atoms with Crippen molar-refractivity contribution in [3.8, 4) is 0 Å². The molecule has 0 fully saturated rings. The minimum atomic E-state index is 0.510. The maximum Gasteiger partial charge on any atom is 0.134 e. The molecule has 1 aromatic heterocycles. The zero-order valence-electron chi connectivity index (χ0n) is 12.4. The Labute approximate surface area is 121 Å². The van der Waals surface area contributed by atoms with Gasteiger partial charge in [0, 0.05) is 31.6 Å². The highest BCUT2D eigenvalue weighted by Crippen LogP contribution is 2.12. The van der Waals surface area contributed by atoms with E-state index >= 15 is 0 Å². The Morgan fingerprint density at radius 2 is 2.11 bits per heavy atom. The molecule has 1 heterocycles. The van der Waals surface area contributed by atoms with Gasteiger partial charge in [-0.15, -0.1) is 0 Å². The van der Waals surface area contributed by atoms with E-state index in [1.807, 2.05) is 0 Å². The summed E-state index contributed by atoms with van der Waals surface area (Å²) in [4.78, 5) is 11.0. The largest absolute Gasteiger partial charge is 0.369 e. The summed E-state index contributed by atoms with van der Waals surface area (Å²) in [6.45, 7) is 8.40. The van der Waals surface area contributed by atoms with Crippen molar-refractivity contribution in [3.05, 3.63) is 17.0 Å². The van der Waals surface area contributed by atoms with Crippen LogP contribution in [0.15, 0.2) is 6.07 Å². The number of hydrogen-bond donors (Lipinski definition) is 1. The number of nitrogens with one attached hydrogen (secondary N) is 1. The van der Waals surface area contributed by atoms with Crippen LogP contribution in [0, 0.1) is 0 Å². The normalized spacial score (nSPS) is 12.7. The van der Waals surface area contributed by atoms with Crippen LogP contribution in [0.1, 0.15) is 39.4 Å². The summed E-state index contributed by atoms with van der Waals surface area (Å²) >= 11 is 6.00. The number of hydrogen-bond acceptors (Lipinski definition) is 4. The van der Waals surface area contributed by atoms with Crippen LogP contribution in [0.2, 0.25) is 5.15 Å². The molecular formula is C14H25ClN4. The molecule has 0 bridgehead atoms. The first-order chi connectivity index (χ1) is 9.06. The molecule has 19 heavy (non-hydrogen) atoms. The number of halogens is 1. The molecular weight excluding hydrogens is 260 g/mol. The van der Waals surface area contributed by atoms with Gasteiger partial charge in [0.05, 0.1) is 0 Å². The molecule has 0 radical (unpaired) electrons.